The van der Waals surface area contributed by atoms with E-state index in [1.165, 1.54) is 37.7 Å². The lowest BCUT2D eigenvalue weighted by molar-refractivity contribution is 0.354. The third-order valence-corrected chi connectivity index (χ3v) is 3.95. The van der Waals surface area contributed by atoms with E-state index in [0.29, 0.717) is 5.41 Å². The summed E-state index contributed by atoms with van der Waals surface area (Å²) >= 11 is 0. The second-order valence-electron chi connectivity index (χ2n) is 5.84. The quantitative estimate of drug-likeness (QED) is 0.550. The Morgan fingerprint density at radius 3 is 2.69 bits per heavy atom. The molecule has 1 aliphatic rings. The average molecular weight is 219 g/mol. The van der Waals surface area contributed by atoms with Crippen molar-refractivity contribution in [2.45, 2.75) is 66.2 Å². The Morgan fingerprint density at radius 2 is 2.12 bits per heavy atom. The molecule has 0 bridgehead atoms. The van der Waals surface area contributed by atoms with E-state index < -0.39 is 0 Å². The maximum Gasteiger partial charge on any atom is -0.0142 e. The third kappa shape index (κ3) is 3.50. The second kappa shape index (κ2) is 5.70. The zero-order valence-electron chi connectivity index (χ0n) is 11.5. The van der Waals surface area contributed by atoms with Gasteiger partial charge >= 0.3 is 0 Å². The largest absolute Gasteiger partial charge is 0.0856 e. The van der Waals surface area contributed by atoms with Crippen LogP contribution in [-0.4, -0.2) is 0 Å². The molecule has 0 saturated heterocycles. The molecule has 0 aromatic rings. The van der Waals surface area contributed by atoms with Crippen molar-refractivity contribution in [3.8, 4) is 0 Å². The van der Waals surface area contributed by atoms with Gasteiger partial charge < -0.3 is 0 Å². The van der Waals surface area contributed by atoms with Gasteiger partial charge in [0.1, 0.15) is 0 Å². The van der Waals surface area contributed by atoms with Gasteiger partial charge in [0, 0.05) is 0 Å². The Balaban J connectivity index is 2.67. The van der Waals surface area contributed by atoms with Crippen LogP contribution >= 0.6 is 0 Å². The van der Waals surface area contributed by atoms with E-state index in [1.54, 1.807) is 11.1 Å². The maximum atomic E-state index is 3.88. The lowest BCUT2D eigenvalue weighted by Gasteiger charge is -2.34. The first-order valence-electron chi connectivity index (χ1n) is 6.61. The fraction of sp³-hybridized carbons (Fsp3) is 0.688. The Kier molecular flexibility index (Phi) is 4.83. The number of hydrogen-bond donors (Lipinski definition) is 0. The Bertz CT molecular complexity index is 289. The third-order valence-electron chi connectivity index (χ3n) is 3.95. The average Bonchev–Trinajstić information content (AvgIpc) is 2.16. The molecule has 0 spiro atoms. The lowest BCUT2D eigenvalue weighted by Crippen LogP contribution is -2.20. The summed E-state index contributed by atoms with van der Waals surface area (Å²) in [6.07, 6.45) is 9.69. The van der Waals surface area contributed by atoms with E-state index in [4.69, 9.17) is 0 Å². The zero-order valence-corrected chi connectivity index (χ0v) is 11.5. The minimum atomic E-state index is 0.438. The van der Waals surface area contributed by atoms with Crippen LogP contribution in [0.25, 0.3) is 0 Å². The normalized spacial score (nSPS) is 21.4. The summed E-state index contributed by atoms with van der Waals surface area (Å²) in [6.45, 7) is 13.3. The molecular formula is C16H27. The first kappa shape index (κ1) is 13.5. The van der Waals surface area contributed by atoms with Crippen molar-refractivity contribution < 1.29 is 0 Å². The highest BCUT2D eigenvalue weighted by Crippen LogP contribution is 2.42. The highest BCUT2D eigenvalue weighted by atomic mass is 14.3. The van der Waals surface area contributed by atoms with Crippen LogP contribution in [-0.2, 0) is 0 Å². The van der Waals surface area contributed by atoms with Crippen LogP contribution in [0, 0.1) is 12.3 Å². The van der Waals surface area contributed by atoms with Crippen LogP contribution in [0.5, 0.6) is 0 Å². The smallest absolute Gasteiger partial charge is 0.0142 e. The van der Waals surface area contributed by atoms with Gasteiger partial charge in [-0.1, -0.05) is 36.6 Å². The molecule has 0 amide bonds. The van der Waals surface area contributed by atoms with Crippen molar-refractivity contribution in [2.75, 3.05) is 0 Å². The summed E-state index contributed by atoms with van der Waals surface area (Å²) in [5, 5.41) is 0. The molecule has 1 rings (SSSR count). The highest BCUT2D eigenvalue weighted by Gasteiger charge is 2.27. The van der Waals surface area contributed by atoms with Gasteiger partial charge in [0.25, 0.3) is 0 Å². The fourth-order valence-corrected chi connectivity index (χ4v) is 2.90. The van der Waals surface area contributed by atoms with Gasteiger partial charge in [-0.25, -0.2) is 0 Å². The van der Waals surface area contributed by atoms with Crippen molar-refractivity contribution >= 4 is 0 Å². The molecule has 0 saturated carbocycles. The Labute approximate surface area is 102 Å². The number of allylic oxidation sites excluding steroid dienone is 4. The predicted octanol–water partition coefficient (Wildman–Crippen LogP) is 5.46. The van der Waals surface area contributed by atoms with Crippen LogP contribution in [0.1, 0.15) is 66.2 Å². The molecule has 0 aromatic carbocycles. The summed E-state index contributed by atoms with van der Waals surface area (Å²) in [5.74, 6) is 0. The van der Waals surface area contributed by atoms with E-state index in [9.17, 15) is 0 Å². The highest BCUT2D eigenvalue weighted by molar-refractivity contribution is 5.23. The molecule has 91 valence electrons. The van der Waals surface area contributed by atoms with Crippen LogP contribution in [0.15, 0.2) is 22.8 Å². The molecule has 0 heteroatoms. The predicted molar refractivity (Wildman–Crippen MR) is 73.3 cm³/mol. The Hall–Kier alpha value is -0.520. The molecule has 0 aliphatic heterocycles. The molecule has 0 N–H and O–H groups in total. The van der Waals surface area contributed by atoms with E-state index in [-0.39, 0.29) is 0 Å². The minimum absolute atomic E-state index is 0.438. The van der Waals surface area contributed by atoms with E-state index in [1.807, 2.05) is 0 Å². The molecule has 0 nitrogen and oxygen atoms in total. The van der Waals surface area contributed by atoms with Crippen LogP contribution in [0.2, 0.25) is 0 Å². The van der Waals surface area contributed by atoms with E-state index in [0.717, 1.165) is 6.42 Å². The Morgan fingerprint density at radius 1 is 1.44 bits per heavy atom. The molecular weight excluding hydrogens is 192 g/mol. The standard InChI is InChI=1S/C16H27/c1-6-8-13(2)10-11-15-14(3)9-7-12-16(15,4)5/h8H,1,6-7,9-12H2,2-5H3. The van der Waals surface area contributed by atoms with Crippen LogP contribution in [0.3, 0.4) is 0 Å². The number of rotatable bonds is 4. The zero-order chi connectivity index (χ0) is 12.2. The van der Waals surface area contributed by atoms with Crippen molar-refractivity contribution in [1.29, 1.82) is 0 Å². The van der Waals surface area contributed by atoms with Crippen LogP contribution < -0.4 is 0 Å². The second-order valence-corrected chi connectivity index (χ2v) is 5.84. The lowest BCUT2D eigenvalue weighted by atomic mass is 9.71. The van der Waals surface area contributed by atoms with Crippen molar-refractivity contribution in [2.24, 2.45) is 5.41 Å². The summed E-state index contributed by atoms with van der Waals surface area (Å²) in [4.78, 5) is 0. The molecule has 16 heavy (non-hydrogen) atoms. The molecule has 1 aliphatic carbocycles. The van der Waals surface area contributed by atoms with Crippen molar-refractivity contribution in [3.05, 3.63) is 29.7 Å². The van der Waals surface area contributed by atoms with Gasteiger partial charge in [0.15, 0.2) is 0 Å². The van der Waals surface area contributed by atoms with E-state index in [2.05, 4.69) is 40.7 Å². The molecule has 1 radical (unpaired) electrons. The van der Waals surface area contributed by atoms with Crippen molar-refractivity contribution in [1.82, 2.24) is 0 Å². The molecule has 0 aromatic heterocycles. The fourth-order valence-electron chi connectivity index (χ4n) is 2.90. The maximum absolute atomic E-state index is 3.88. The summed E-state index contributed by atoms with van der Waals surface area (Å²) < 4.78 is 0. The van der Waals surface area contributed by atoms with E-state index >= 15 is 0 Å². The molecule has 0 heterocycles. The molecule has 0 atom stereocenters. The topological polar surface area (TPSA) is 0 Å². The van der Waals surface area contributed by atoms with Gasteiger partial charge in [-0.05, 0) is 64.7 Å². The number of hydrogen-bond acceptors (Lipinski definition) is 0. The first-order valence-corrected chi connectivity index (χ1v) is 6.61. The van der Waals surface area contributed by atoms with Gasteiger partial charge in [-0.2, -0.15) is 0 Å². The summed E-state index contributed by atoms with van der Waals surface area (Å²) in [5.41, 5.74) is 5.30. The minimum Gasteiger partial charge on any atom is -0.0856 e. The monoisotopic (exact) mass is 219 g/mol. The van der Waals surface area contributed by atoms with Crippen LogP contribution in [0.4, 0.5) is 0 Å². The van der Waals surface area contributed by atoms with Gasteiger partial charge in [-0.3, -0.25) is 0 Å². The first-order chi connectivity index (χ1) is 7.47. The summed E-state index contributed by atoms with van der Waals surface area (Å²) in [6, 6.07) is 0. The van der Waals surface area contributed by atoms with Gasteiger partial charge in [0.2, 0.25) is 0 Å². The SMILES string of the molecule is [CH2]CC=C(C)CCC1=C(C)CCCC1(C)C. The van der Waals surface area contributed by atoms with Gasteiger partial charge in [0.05, 0.1) is 0 Å². The van der Waals surface area contributed by atoms with Crippen molar-refractivity contribution in [3.63, 3.8) is 0 Å². The molecule has 0 fully saturated rings. The molecule has 0 unspecified atom stereocenters. The summed E-state index contributed by atoms with van der Waals surface area (Å²) in [7, 11) is 0. The van der Waals surface area contributed by atoms with Gasteiger partial charge in [-0.15, -0.1) is 0 Å².